The molecule has 0 aromatic heterocycles. The van der Waals surface area contributed by atoms with E-state index in [0.29, 0.717) is 31.6 Å². The molecule has 0 saturated heterocycles. The minimum absolute atomic E-state index is 0.405. The molecule has 21 heavy (non-hydrogen) atoms. The van der Waals surface area contributed by atoms with Crippen LogP contribution >= 0.6 is 0 Å². The van der Waals surface area contributed by atoms with Crippen LogP contribution < -0.4 is 15.2 Å². The molecule has 0 heterocycles. The number of hydrogen-bond donors (Lipinski definition) is 1. The van der Waals surface area contributed by atoms with Crippen LogP contribution in [0.2, 0.25) is 0 Å². The van der Waals surface area contributed by atoms with Gasteiger partial charge in [0, 0.05) is 12.0 Å². The predicted octanol–water partition coefficient (Wildman–Crippen LogP) is 4.11. The highest BCUT2D eigenvalue weighted by atomic mass is 16.5. The van der Waals surface area contributed by atoms with Crippen molar-refractivity contribution in [3.05, 3.63) is 23.8 Å². The number of ether oxygens (including phenoxy) is 2. The monoisotopic (exact) mass is 291 g/mol. The summed E-state index contributed by atoms with van der Waals surface area (Å²) in [7, 11) is 0. The molecule has 1 fully saturated rings. The fourth-order valence-corrected chi connectivity index (χ4v) is 3.47. The first-order valence-corrected chi connectivity index (χ1v) is 8.39. The second kappa shape index (κ2) is 8.28. The van der Waals surface area contributed by atoms with E-state index in [1.165, 1.54) is 37.7 Å². The van der Waals surface area contributed by atoms with Crippen LogP contribution in [-0.4, -0.2) is 19.8 Å². The van der Waals surface area contributed by atoms with Crippen molar-refractivity contribution in [3.63, 3.8) is 0 Å². The van der Waals surface area contributed by atoms with Gasteiger partial charge >= 0.3 is 0 Å². The smallest absolute Gasteiger partial charge is 0.126 e. The lowest BCUT2D eigenvalue weighted by atomic mass is 9.76. The van der Waals surface area contributed by atoms with Gasteiger partial charge in [0.15, 0.2) is 0 Å². The molecule has 1 atom stereocenters. The molecule has 1 unspecified atom stereocenters. The molecular weight excluding hydrogens is 262 g/mol. The van der Waals surface area contributed by atoms with E-state index in [1.54, 1.807) is 0 Å². The van der Waals surface area contributed by atoms with Crippen molar-refractivity contribution in [1.29, 1.82) is 0 Å². The second-order valence-corrected chi connectivity index (χ2v) is 5.81. The van der Waals surface area contributed by atoms with Gasteiger partial charge in [-0.2, -0.15) is 0 Å². The molecule has 3 nitrogen and oxygen atoms in total. The van der Waals surface area contributed by atoms with Crippen molar-refractivity contribution >= 4 is 0 Å². The third kappa shape index (κ3) is 4.13. The number of rotatable bonds is 7. The Hall–Kier alpha value is -1.22. The largest absolute Gasteiger partial charge is 0.494 e. The van der Waals surface area contributed by atoms with Gasteiger partial charge in [-0.15, -0.1) is 0 Å². The summed E-state index contributed by atoms with van der Waals surface area (Å²) in [5, 5.41) is 0. The first-order valence-electron chi connectivity index (χ1n) is 8.39. The fourth-order valence-electron chi connectivity index (χ4n) is 3.47. The zero-order chi connectivity index (χ0) is 15.1. The summed E-state index contributed by atoms with van der Waals surface area (Å²) < 4.78 is 11.5. The molecule has 2 rings (SSSR count). The Morgan fingerprint density at radius 3 is 2.43 bits per heavy atom. The lowest BCUT2D eigenvalue weighted by Gasteiger charge is -2.31. The molecule has 0 bridgehead atoms. The SMILES string of the molecule is CCOc1ccc(C(CN)C2CCCCC2)c(OCC)c1. The van der Waals surface area contributed by atoms with Crippen molar-refractivity contribution in [1.82, 2.24) is 0 Å². The van der Waals surface area contributed by atoms with E-state index in [2.05, 4.69) is 6.07 Å². The van der Waals surface area contributed by atoms with E-state index in [4.69, 9.17) is 15.2 Å². The quantitative estimate of drug-likeness (QED) is 0.822. The van der Waals surface area contributed by atoms with Crippen LogP contribution in [0.1, 0.15) is 57.4 Å². The van der Waals surface area contributed by atoms with Crippen molar-refractivity contribution < 1.29 is 9.47 Å². The van der Waals surface area contributed by atoms with Crippen LogP contribution in [0, 0.1) is 5.92 Å². The molecule has 0 spiro atoms. The Labute approximate surface area is 128 Å². The summed E-state index contributed by atoms with van der Waals surface area (Å²) in [5.41, 5.74) is 7.37. The number of benzene rings is 1. The standard InChI is InChI=1S/C18H29NO2/c1-3-20-15-10-11-16(18(12-15)21-4-2)17(13-19)14-8-6-5-7-9-14/h10-12,14,17H,3-9,13,19H2,1-2H3. The molecule has 0 aliphatic heterocycles. The van der Waals surface area contributed by atoms with Crippen molar-refractivity contribution in [2.75, 3.05) is 19.8 Å². The summed E-state index contributed by atoms with van der Waals surface area (Å²) >= 11 is 0. The van der Waals surface area contributed by atoms with Crippen LogP contribution in [0.25, 0.3) is 0 Å². The molecule has 1 aliphatic carbocycles. The minimum Gasteiger partial charge on any atom is -0.494 e. The Bertz CT molecular complexity index is 427. The highest BCUT2D eigenvalue weighted by Crippen LogP contribution is 2.40. The van der Waals surface area contributed by atoms with Crippen LogP contribution in [0.3, 0.4) is 0 Å². The third-order valence-electron chi connectivity index (χ3n) is 4.47. The van der Waals surface area contributed by atoms with E-state index in [1.807, 2.05) is 26.0 Å². The van der Waals surface area contributed by atoms with Crippen LogP contribution in [0.4, 0.5) is 0 Å². The van der Waals surface area contributed by atoms with Crippen molar-refractivity contribution in [2.45, 2.75) is 51.9 Å². The summed E-state index contributed by atoms with van der Waals surface area (Å²) in [5.74, 6) is 2.93. The maximum atomic E-state index is 6.11. The van der Waals surface area contributed by atoms with Crippen LogP contribution in [-0.2, 0) is 0 Å². The first-order chi connectivity index (χ1) is 10.3. The van der Waals surface area contributed by atoms with Gasteiger partial charge in [0.05, 0.1) is 13.2 Å². The molecule has 1 aromatic carbocycles. The van der Waals surface area contributed by atoms with Gasteiger partial charge in [0.1, 0.15) is 11.5 Å². The summed E-state index contributed by atoms with van der Waals surface area (Å²) in [6.07, 6.45) is 6.63. The highest BCUT2D eigenvalue weighted by molar-refractivity contribution is 5.43. The molecule has 1 saturated carbocycles. The average molecular weight is 291 g/mol. The lowest BCUT2D eigenvalue weighted by Crippen LogP contribution is -2.24. The van der Waals surface area contributed by atoms with E-state index >= 15 is 0 Å². The first kappa shape index (κ1) is 16.2. The lowest BCUT2D eigenvalue weighted by molar-refractivity contribution is 0.288. The summed E-state index contributed by atoms with van der Waals surface area (Å²) in [4.78, 5) is 0. The third-order valence-corrected chi connectivity index (χ3v) is 4.47. The normalized spacial score (nSPS) is 17.5. The van der Waals surface area contributed by atoms with E-state index in [9.17, 15) is 0 Å². The fraction of sp³-hybridized carbons (Fsp3) is 0.667. The second-order valence-electron chi connectivity index (χ2n) is 5.81. The molecule has 0 radical (unpaired) electrons. The molecule has 3 heteroatoms. The van der Waals surface area contributed by atoms with E-state index in [-0.39, 0.29) is 0 Å². The van der Waals surface area contributed by atoms with Gasteiger partial charge in [-0.3, -0.25) is 0 Å². The van der Waals surface area contributed by atoms with Gasteiger partial charge in [0.2, 0.25) is 0 Å². The topological polar surface area (TPSA) is 44.5 Å². The Kier molecular flexibility index (Phi) is 6.37. The van der Waals surface area contributed by atoms with Crippen LogP contribution in [0.5, 0.6) is 11.5 Å². The molecule has 118 valence electrons. The van der Waals surface area contributed by atoms with Gasteiger partial charge < -0.3 is 15.2 Å². The van der Waals surface area contributed by atoms with Gasteiger partial charge in [-0.1, -0.05) is 25.3 Å². The summed E-state index contributed by atoms with van der Waals surface area (Å²) in [6, 6.07) is 6.22. The van der Waals surface area contributed by atoms with E-state index in [0.717, 1.165) is 11.5 Å². The Morgan fingerprint density at radius 2 is 1.81 bits per heavy atom. The maximum Gasteiger partial charge on any atom is 0.126 e. The molecule has 2 N–H and O–H groups in total. The molecular formula is C18H29NO2. The minimum atomic E-state index is 0.405. The number of hydrogen-bond acceptors (Lipinski definition) is 3. The highest BCUT2D eigenvalue weighted by Gasteiger charge is 2.26. The van der Waals surface area contributed by atoms with Crippen molar-refractivity contribution in [2.24, 2.45) is 11.7 Å². The molecule has 1 aromatic rings. The van der Waals surface area contributed by atoms with Crippen molar-refractivity contribution in [3.8, 4) is 11.5 Å². The molecule has 1 aliphatic rings. The maximum absolute atomic E-state index is 6.11. The van der Waals surface area contributed by atoms with Gasteiger partial charge in [-0.05, 0) is 50.8 Å². The Morgan fingerprint density at radius 1 is 1.10 bits per heavy atom. The van der Waals surface area contributed by atoms with E-state index < -0.39 is 0 Å². The van der Waals surface area contributed by atoms with Crippen LogP contribution in [0.15, 0.2) is 18.2 Å². The predicted molar refractivity (Wildman–Crippen MR) is 87.2 cm³/mol. The van der Waals surface area contributed by atoms with Gasteiger partial charge in [-0.25, -0.2) is 0 Å². The number of nitrogens with two attached hydrogens (primary N) is 1. The van der Waals surface area contributed by atoms with Gasteiger partial charge in [0.25, 0.3) is 0 Å². The average Bonchev–Trinajstić information content (AvgIpc) is 2.52. The summed E-state index contributed by atoms with van der Waals surface area (Å²) in [6.45, 7) is 6.06. The zero-order valence-corrected chi connectivity index (χ0v) is 13.4. The zero-order valence-electron chi connectivity index (χ0n) is 13.4. The Balaban J connectivity index is 2.25. The molecule has 0 amide bonds.